The fourth-order valence-corrected chi connectivity index (χ4v) is 9.36. The highest BCUT2D eigenvalue weighted by Crippen LogP contribution is 2.80. The smallest absolute Gasteiger partial charge is 0.300 e. The lowest BCUT2D eigenvalue weighted by atomic mass is 10.0. The van der Waals surface area contributed by atoms with Crippen LogP contribution < -0.4 is 15.1 Å². The minimum atomic E-state index is -4.11. The second-order valence-corrected chi connectivity index (χ2v) is 12.1. The van der Waals surface area contributed by atoms with Gasteiger partial charge in [-0.3, -0.25) is 9.69 Å². The Morgan fingerprint density at radius 3 is 2.59 bits per heavy atom. The number of amides is 1. The highest BCUT2D eigenvalue weighted by atomic mass is 35.5. The third kappa shape index (κ3) is 3.51. The summed E-state index contributed by atoms with van der Waals surface area (Å²) in [6.45, 7) is 1.60. The van der Waals surface area contributed by atoms with Crippen molar-refractivity contribution in [2.75, 3.05) is 16.8 Å². The summed E-state index contributed by atoms with van der Waals surface area (Å²) in [5.74, 6) is -2.41. The number of benzene rings is 3. The second-order valence-electron chi connectivity index (χ2n) is 8.46. The molecule has 12 heteroatoms. The molecule has 1 N–H and O–H groups in total. The van der Waals surface area contributed by atoms with Crippen molar-refractivity contribution in [2.45, 2.75) is 17.5 Å². The summed E-state index contributed by atoms with van der Waals surface area (Å²) in [6.07, 6.45) is 0. The number of thioether (sulfide) groups is 1. The average Bonchev–Trinajstić information content (AvgIpc) is 3.41. The first kappa shape index (κ1) is 24.6. The third-order valence-electron chi connectivity index (χ3n) is 6.33. The van der Waals surface area contributed by atoms with Crippen LogP contribution in [0.2, 0.25) is 5.02 Å². The number of allylic oxidation sites excluding steroid dienone is 1. The van der Waals surface area contributed by atoms with Crippen LogP contribution in [0.5, 0.6) is 0 Å². The van der Waals surface area contributed by atoms with Gasteiger partial charge in [0.05, 0.1) is 17.2 Å². The van der Waals surface area contributed by atoms with E-state index in [4.69, 9.17) is 20.6 Å². The summed E-state index contributed by atoms with van der Waals surface area (Å²) >= 11 is 7.33. The molecule has 3 aliphatic rings. The summed E-state index contributed by atoms with van der Waals surface area (Å²) in [4.78, 5) is 27.8. The summed E-state index contributed by atoms with van der Waals surface area (Å²) in [5.41, 5.74) is -0.467. The molecular weight excluding hydrogens is 548 g/mol. The fourth-order valence-electron chi connectivity index (χ4n) is 4.87. The van der Waals surface area contributed by atoms with E-state index in [0.29, 0.717) is 11.4 Å². The van der Waals surface area contributed by atoms with Crippen molar-refractivity contribution < 1.29 is 31.9 Å². The molecule has 0 aliphatic carbocycles. The number of halogens is 4. The highest BCUT2D eigenvalue weighted by Gasteiger charge is 2.68. The topological polar surface area (TPSA) is 73.9 Å². The van der Waals surface area contributed by atoms with Gasteiger partial charge in [-0.1, -0.05) is 29.4 Å². The van der Waals surface area contributed by atoms with Crippen molar-refractivity contribution in [1.82, 2.24) is 0 Å². The minimum Gasteiger partial charge on any atom is -0.623 e. The molecule has 6 rings (SSSR count). The van der Waals surface area contributed by atoms with Gasteiger partial charge in [-0.15, -0.1) is 0 Å². The van der Waals surface area contributed by atoms with Gasteiger partial charge in [0, 0.05) is 16.9 Å². The van der Waals surface area contributed by atoms with Crippen LogP contribution in [-0.2, 0) is 18.7 Å². The second kappa shape index (κ2) is 8.64. The Hall–Kier alpha value is -2.75. The minimum absolute atomic E-state index is 0.000483. The predicted molar refractivity (Wildman–Crippen MR) is 134 cm³/mol. The number of carbonyl (C=O) groups is 1. The average molecular weight is 565 g/mol. The van der Waals surface area contributed by atoms with Gasteiger partial charge in [0.25, 0.3) is 19.7 Å². The van der Waals surface area contributed by atoms with Crippen molar-refractivity contribution in [3.8, 4) is 0 Å². The molecule has 0 bridgehead atoms. The zero-order valence-electron chi connectivity index (χ0n) is 19.0. The van der Waals surface area contributed by atoms with Crippen LogP contribution in [-0.4, -0.2) is 12.5 Å². The van der Waals surface area contributed by atoms with Crippen LogP contribution >= 0.6 is 31.3 Å². The summed E-state index contributed by atoms with van der Waals surface area (Å²) < 4.78 is 55.1. The van der Waals surface area contributed by atoms with Gasteiger partial charge in [0.1, 0.15) is 22.4 Å². The molecule has 3 aromatic rings. The van der Waals surface area contributed by atoms with Crippen LogP contribution in [0.4, 0.5) is 24.5 Å². The molecule has 3 unspecified atom stereocenters. The van der Waals surface area contributed by atoms with Crippen LogP contribution in [0.25, 0.3) is 0 Å². The maximum absolute atomic E-state index is 15.2. The Bertz CT molecular complexity index is 1470. The number of nitrogens with zero attached hydrogens (tertiary/aromatic N) is 1. The first-order valence-corrected chi connectivity index (χ1v) is 14.0. The van der Waals surface area contributed by atoms with E-state index in [2.05, 4.69) is 5.32 Å². The zero-order chi connectivity index (χ0) is 26.1. The summed E-state index contributed by atoms with van der Waals surface area (Å²) in [5, 5.41) is 2.76. The lowest BCUT2D eigenvalue weighted by molar-refractivity contribution is -0.215. The maximum Gasteiger partial charge on any atom is 0.300 e. The summed E-state index contributed by atoms with van der Waals surface area (Å²) in [7, 11) is -4.11. The zero-order valence-corrected chi connectivity index (χ0v) is 21.5. The van der Waals surface area contributed by atoms with Crippen molar-refractivity contribution in [2.24, 2.45) is 0 Å². The van der Waals surface area contributed by atoms with Gasteiger partial charge in [-0.05, 0) is 61.5 Å². The van der Waals surface area contributed by atoms with Gasteiger partial charge in [0.15, 0.2) is 5.66 Å². The molecule has 3 aromatic carbocycles. The SMILES string of the molecule is CCO[P+]1([O-])OC2=C(SC3(C(=O)Nc4ccc(F)cc43)N2c2ccc(F)cc2)C1c1c(F)cccc1Cl. The monoisotopic (exact) mass is 564 g/mol. The van der Waals surface area contributed by atoms with Gasteiger partial charge in [0.2, 0.25) is 4.87 Å². The number of fused-ring (bicyclic) bond motifs is 2. The number of rotatable bonds is 4. The lowest BCUT2D eigenvalue weighted by Crippen LogP contribution is -2.46. The van der Waals surface area contributed by atoms with E-state index in [9.17, 15) is 18.5 Å². The summed E-state index contributed by atoms with van der Waals surface area (Å²) in [6, 6.07) is 13.1. The maximum atomic E-state index is 15.2. The molecule has 3 atom stereocenters. The molecule has 37 heavy (non-hydrogen) atoms. The first-order valence-electron chi connectivity index (χ1n) is 11.2. The van der Waals surface area contributed by atoms with E-state index in [1.54, 1.807) is 6.92 Å². The molecule has 0 saturated carbocycles. The van der Waals surface area contributed by atoms with E-state index in [1.807, 2.05) is 0 Å². The Morgan fingerprint density at radius 1 is 1.16 bits per heavy atom. The van der Waals surface area contributed by atoms with Crippen molar-refractivity contribution in [1.29, 1.82) is 0 Å². The number of hydrogen-bond acceptors (Lipinski definition) is 6. The molecule has 0 aromatic heterocycles. The van der Waals surface area contributed by atoms with E-state index in [1.165, 1.54) is 65.6 Å². The largest absolute Gasteiger partial charge is 0.623 e. The standard InChI is InChI=1S/C25H17ClF3N2O4PS/c1-2-34-36(33)21(20-17(26)4-3-5-18(20)29)22-23(35-36)31(15-9-6-13(27)7-10-15)25(37-22)16-12-14(28)8-11-19(16)30-24(25)32/h3-12,21H,2H2,1H3,(H,30,32). The first-order chi connectivity index (χ1) is 17.7. The highest BCUT2D eigenvalue weighted by molar-refractivity contribution is 8.05. The number of anilines is 2. The number of carbonyl (C=O) groups excluding carboxylic acids is 1. The molecule has 1 amide bonds. The molecular formula is C25H17ClF3N2O4PS. The number of nitrogens with one attached hydrogen (secondary N) is 1. The van der Waals surface area contributed by atoms with Gasteiger partial charge < -0.3 is 14.7 Å². The van der Waals surface area contributed by atoms with Crippen molar-refractivity contribution in [3.63, 3.8) is 0 Å². The van der Waals surface area contributed by atoms with Crippen molar-refractivity contribution >= 4 is 48.6 Å². The molecule has 190 valence electrons. The van der Waals surface area contributed by atoms with Gasteiger partial charge >= 0.3 is 0 Å². The molecule has 0 fully saturated rings. The van der Waals surface area contributed by atoms with Gasteiger partial charge in [-0.25, -0.2) is 17.7 Å². The Kier molecular flexibility index (Phi) is 5.74. The number of hydrogen-bond donors (Lipinski definition) is 1. The Morgan fingerprint density at radius 2 is 1.89 bits per heavy atom. The lowest BCUT2D eigenvalue weighted by Gasteiger charge is -2.38. The molecule has 6 nitrogen and oxygen atoms in total. The van der Waals surface area contributed by atoms with Crippen LogP contribution in [0, 0.1) is 17.5 Å². The van der Waals surface area contributed by atoms with E-state index in [-0.39, 0.29) is 33.5 Å². The quantitative estimate of drug-likeness (QED) is 0.380. The van der Waals surface area contributed by atoms with E-state index >= 15 is 4.39 Å². The molecule has 3 heterocycles. The van der Waals surface area contributed by atoms with Crippen molar-refractivity contribution in [3.05, 3.63) is 105 Å². The molecule has 1 spiro atoms. The Balaban J connectivity index is 1.62. The van der Waals surface area contributed by atoms with Crippen LogP contribution in [0.15, 0.2) is 71.5 Å². The van der Waals surface area contributed by atoms with E-state index in [0.717, 1.165) is 11.8 Å². The van der Waals surface area contributed by atoms with Gasteiger partial charge in [-0.2, -0.15) is 0 Å². The third-order valence-corrected chi connectivity index (χ3v) is 10.5. The molecule has 3 aliphatic heterocycles. The fraction of sp³-hybridized carbons (Fsp3) is 0.160. The van der Waals surface area contributed by atoms with E-state index < -0.39 is 41.8 Å². The van der Waals surface area contributed by atoms with Crippen LogP contribution in [0.1, 0.15) is 23.7 Å². The molecule has 0 saturated heterocycles. The van der Waals surface area contributed by atoms with Crippen LogP contribution in [0.3, 0.4) is 0 Å². The normalized spacial score (nSPS) is 25.9. The predicted octanol–water partition coefficient (Wildman–Crippen LogP) is 6.22. The Labute approximate surface area is 219 Å². The molecule has 0 radical (unpaired) electrons.